The predicted octanol–water partition coefficient (Wildman–Crippen LogP) is 3.21. The van der Waals surface area contributed by atoms with Crippen molar-refractivity contribution in [3.05, 3.63) is 54.1 Å². The molecular weight excluding hydrogens is 302 g/mol. The van der Waals surface area contributed by atoms with Crippen LogP contribution in [0.1, 0.15) is 37.0 Å². The number of halogens is 2. The van der Waals surface area contributed by atoms with Crippen molar-refractivity contribution in [2.24, 2.45) is 5.92 Å². The Kier molecular flexibility index (Phi) is 5.26. The van der Waals surface area contributed by atoms with Crippen LogP contribution in [0.4, 0.5) is 8.78 Å². The quantitative estimate of drug-likeness (QED) is 0.888. The highest BCUT2D eigenvalue weighted by Crippen LogP contribution is 2.28. The maximum absolute atomic E-state index is 13.3. The van der Waals surface area contributed by atoms with Gasteiger partial charge in [-0.25, -0.2) is 13.8 Å². The number of nitrogens with zero attached hydrogens (tertiary/aromatic N) is 2. The van der Waals surface area contributed by atoms with Gasteiger partial charge in [-0.15, -0.1) is 0 Å². The molecule has 2 rings (SSSR count). The summed E-state index contributed by atoms with van der Waals surface area (Å²) in [4.78, 5) is 16.0. The van der Waals surface area contributed by atoms with Crippen molar-refractivity contribution in [3.8, 4) is 0 Å². The minimum absolute atomic E-state index is 0.0648. The van der Waals surface area contributed by atoms with Crippen molar-refractivity contribution >= 4 is 5.91 Å². The fourth-order valence-corrected chi connectivity index (χ4v) is 2.40. The Balaban J connectivity index is 2.07. The first-order valence-corrected chi connectivity index (χ1v) is 7.49. The van der Waals surface area contributed by atoms with E-state index in [-0.39, 0.29) is 24.7 Å². The minimum Gasteiger partial charge on any atom is -0.389 e. The van der Waals surface area contributed by atoms with Crippen LogP contribution in [0.25, 0.3) is 0 Å². The number of imidazole rings is 1. The molecule has 0 saturated heterocycles. The fraction of sp³-hybridized carbons (Fsp3) is 0.412. The highest BCUT2D eigenvalue weighted by molar-refractivity contribution is 5.79. The average Bonchev–Trinajstić information content (AvgIpc) is 3.03. The van der Waals surface area contributed by atoms with Crippen molar-refractivity contribution in [2.45, 2.75) is 38.7 Å². The second-order valence-corrected chi connectivity index (χ2v) is 6.05. The lowest BCUT2D eigenvalue weighted by Gasteiger charge is -2.31. The summed E-state index contributed by atoms with van der Waals surface area (Å²) in [5.41, 5.74) is -0.648. The van der Waals surface area contributed by atoms with Crippen LogP contribution in [-0.4, -0.2) is 26.2 Å². The molecule has 23 heavy (non-hydrogen) atoms. The molecule has 2 aromatic rings. The summed E-state index contributed by atoms with van der Waals surface area (Å²) in [6.45, 7) is 3.65. The van der Waals surface area contributed by atoms with E-state index in [1.807, 2.05) is 13.8 Å². The molecule has 4 nitrogen and oxygen atoms in total. The first kappa shape index (κ1) is 17.3. The van der Waals surface area contributed by atoms with Gasteiger partial charge in [-0.3, -0.25) is 9.36 Å². The normalized spacial score (nSPS) is 14.0. The van der Waals surface area contributed by atoms with Gasteiger partial charge in [-0.2, -0.15) is 0 Å². The lowest BCUT2D eigenvalue weighted by atomic mass is 9.82. The Morgan fingerprint density at radius 3 is 2.65 bits per heavy atom. The van der Waals surface area contributed by atoms with Crippen molar-refractivity contribution in [3.63, 3.8) is 0 Å². The highest BCUT2D eigenvalue weighted by Gasteiger charge is 2.33. The van der Waals surface area contributed by atoms with Gasteiger partial charge in [0.15, 0.2) is 11.6 Å². The number of aromatic nitrogens is 2. The molecule has 1 heterocycles. The molecule has 0 radical (unpaired) electrons. The number of hydrogen-bond donors (Lipinski definition) is 1. The maximum atomic E-state index is 13.3. The zero-order valence-corrected chi connectivity index (χ0v) is 13.2. The van der Waals surface area contributed by atoms with Crippen LogP contribution < -0.4 is 0 Å². The lowest BCUT2D eigenvalue weighted by molar-refractivity contribution is -0.0173. The molecule has 1 aromatic carbocycles. The number of aryl methyl sites for hydroxylation is 1. The van der Waals surface area contributed by atoms with Crippen LogP contribution in [0.3, 0.4) is 0 Å². The molecule has 124 valence electrons. The average molecular weight is 322 g/mol. The molecule has 1 unspecified atom stereocenters. The van der Waals surface area contributed by atoms with Crippen LogP contribution in [0.2, 0.25) is 0 Å². The molecule has 0 bridgehead atoms. The number of benzene rings is 1. The molecule has 1 N–H and O–H groups in total. The van der Waals surface area contributed by atoms with Crippen molar-refractivity contribution in [1.29, 1.82) is 0 Å². The van der Waals surface area contributed by atoms with Gasteiger partial charge in [-0.05, 0) is 36.5 Å². The van der Waals surface area contributed by atoms with Crippen molar-refractivity contribution in [2.75, 3.05) is 0 Å². The van der Waals surface area contributed by atoms with Gasteiger partial charge in [0, 0.05) is 12.4 Å². The van der Waals surface area contributed by atoms with E-state index in [4.69, 9.17) is 0 Å². The zero-order chi connectivity index (χ0) is 17.0. The van der Waals surface area contributed by atoms with Gasteiger partial charge in [0.2, 0.25) is 5.91 Å². The van der Waals surface area contributed by atoms with E-state index < -0.39 is 17.2 Å². The molecule has 0 spiro atoms. The first-order valence-electron chi connectivity index (χ1n) is 7.49. The summed E-state index contributed by atoms with van der Waals surface area (Å²) in [7, 11) is 0. The third kappa shape index (κ3) is 4.22. The summed E-state index contributed by atoms with van der Waals surface area (Å²) in [6.07, 6.45) is 4.97. The van der Waals surface area contributed by atoms with Gasteiger partial charge in [0.25, 0.3) is 0 Å². The van der Waals surface area contributed by atoms with Gasteiger partial charge < -0.3 is 5.11 Å². The number of carbonyl (C=O) groups excluding carboxylic acids is 1. The number of carbonyl (C=O) groups is 1. The summed E-state index contributed by atoms with van der Waals surface area (Å²) in [6, 6.07) is 3.67. The van der Waals surface area contributed by atoms with E-state index in [9.17, 15) is 18.7 Å². The summed E-state index contributed by atoms with van der Waals surface area (Å²) in [5, 5.41) is 10.8. The van der Waals surface area contributed by atoms with Crippen LogP contribution >= 0.6 is 0 Å². The standard InChI is InChI=1S/C17H20F2N2O2/c1-12(2)17(23,10-16(22)21-8-7-20-11-21)6-5-13-3-4-14(18)15(19)9-13/h3-4,7-9,11-12,23H,5-6,10H2,1-2H3. The minimum atomic E-state index is -1.23. The molecule has 0 fully saturated rings. The Morgan fingerprint density at radius 2 is 2.09 bits per heavy atom. The Hall–Kier alpha value is -2.08. The summed E-state index contributed by atoms with van der Waals surface area (Å²) < 4.78 is 27.5. The van der Waals surface area contributed by atoms with E-state index >= 15 is 0 Å². The Morgan fingerprint density at radius 1 is 1.35 bits per heavy atom. The summed E-state index contributed by atoms with van der Waals surface area (Å²) >= 11 is 0. The van der Waals surface area contributed by atoms with Gasteiger partial charge >= 0.3 is 0 Å². The Labute approximate surface area is 133 Å². The monoisotopic (exact) mass is 322 g/mol. The molecule has 0 aliphatic carbocycles. The molecule has 1 aromatic heterocycles. The van der Waals surface area contributed by atoms with Crippen LogP contribution in [0, 0.1) is 17.6 Å². The zero-order valence-electron chi connectivity index (χ0n) is 13.2. The molecule has 0 aliphatic heterocycles. The van der Waals surface area contributed by atoms with Gasteiger partial charge in [-0.1, -0.05) is 19.9 Å². The number of rotatable bonds is 6. The molecular formula is C17H20F2N2O2. The Bertz CT molecular complexity index is 671. The third-order valence-corrected chi connectivity index (χ3v) is 4.16. The summed E-state index contributed by atoms with van der Waals surface area (Å²) in [5.74, 6) is -2.24. The molecule has 1 atom stereocenters. The predicted molar refractivity (Wildman–Crippen MR) is 81.9 cm³/mol. The van der Waals surface area contributed by atoms with E-state index in [2.05, 4.69) is 4.98 Å². The third-order valence-electron chi connectivity index (χ3n) is 4.16. The van der Waals surface area contributed by atoms with E-state index in [0.29, 0.717) is 12.0 Å². The van der Waals surface area contributed by atoms with Gasteiger partial charge in [0.05, 0.1) is 12.0 Å². The van der Waals surface area contributed by atoms with E-state index in [0.717, 1.165) is 12.1 Å². The molecule has 0 amide bonds. The molecule has 6 heteroatoms. The second-order valence-electron chi connectivity index (χ2n) is 6.05. The second kappa shape index (κ2) is 7.00. The van der Waals surface area contributed by atoms with Crippen molar-refractivity contribution < 1.29 is 18.7 Å². The van der Waals surface area contributed by atoms with Crippen LogP contribution in [-0.2, 0) is 6.42 Å². The van der Waals surface area contributed by atoms with Crippen LogP contribution in [0.15, 0.2) is 36.9 Å². The number of hydrogen-bond acceptors (Lipinski definition) is 3. The number of aliphatic hydroxyl groups is 1. The smallest absolute Gasteiger partial charge is 0.234 e. The molecule has 0 saturated carbocycles. The molecule has 0 aliphatic rings. The SMILES string of the molecule is CC(C)C(O)(CCc1ccc(F)c(F)c1)CC(=O)n1ccnc1. The fourth-order valence-electron chi connectivity index (χ4n) is 2.40. The van der Waals surface area contributed by atoms with Crippen molar-refractivity contribution in [1.82, 2.24) is 9.55 Å². The van der Waals surface area contributed by atoms with Crippen LogP contribution in [0.5, 0.6) is 0 Å². The van der Waals surface area contributed by atoms with E-state index in [1.165, 1.54) is 29.4 Å². The van der Waals surface area contributed by atoms with Gasteiger partial charge in [0.1, 0.15) is 6.33 Å². The lowest BCUT2D eigenvalue weighted by Crippen LogP contribution is -2.39. The highest BCUT2D eigenvalue weighted by atomic mass is 19.2. The largest absolute Gasteiger partial charge is 0.389 e. The first-order chi connectivity index (χ1) is 10.8. The maximum Gasteiger partial charge on any atom is 0.234 e. The topological polar surface area (TPSA) is 55.1 Å². The van der Waals surface area contributed by atoms with E-state index in [1.54, 1.807) is 0 Å².